The first-order chi connectivity index (χ1) is 9.19. The quantitative estimate of drug-likeness (QED) is 0.845. The van der Waals surface area contributed by atoms with Crippen molar-refractivity contribution in [2.75, 3.05) is 38.5 Å². The summed E-state index contributed by atoms with van der Waals surface area (Å²) in [4.78, 5) is 16.3. The highest BCUT2D eigenvalue weighted by Crippen LogP contribution is 2.11. The Balaban J connectivity index is 1.92. The summed E-state index contributed by atoms with van der Waals surface area (Å²) in [7, 11) is 2.09. The Hall–Kier alpha value is -1.59. The second kappa shape index (κ2) is 6.54. The molecular formula is C14H22N4O. The van der Waals surface area contributed by atoms with Crippen molar-refractivity contribution in [3.63, 3.8) is 0 Å². The van der Waals surface area contributed by atoms with Crippen LogP contribution in [0, 0.1) is 0 Å². The summed E-state index contributed by atoms with van der Waals surface area (Å²) in [6.07, 6.45) is 1.02. The number of carbonyl (C=O) groups is 1. The molecule has 1 heterocycles. The molecule has 19 heavy (non-hydrogen) atoms. The molecule has 2 amide bonds. The van der Waals surface area contributed by atoms with Crippen LogP contribution in [0.25, 0.3) is 0 Å². The van der Waals surface area contributed by atoms with Crippen molar-refractivity contribution in [3.05, 3.63) is 29.8 Å². The lowest BCUT2D eigenvalue weighted by Gasteiger charge is -2.21. The van der Waals surface area contributed by atoms with Crippen molar-refractivity contribution in [2.24, 2.45) is 5.73 Å². The number of urea groups is 1. The number of rotatable bonds is 2. The van der Waals surface area contributed by atoms with Gasteiger partial charge in [0, 0.05) is 31.9 Å². The number of carbonyl (C=O) groups excluding carboxylic acids is 1. The maximum atomic E-state index is 12.2. The van der Waals surface area contributed by atoms with Gasteiger partial charge in [0.1, 0.15) is 0 Å². The molecule has 1 aromatic carbocycles. The monoisotopic (exact) mass is 262 g/mol. The van der Waals surface area contributed by atoms with Crippen LogP contribution in [-0.2, 0) is 6.54 Å². The molecule has 1 fully saturated rings. The van der Waals surface area contributed by atoms with Gasteiger partial charge in [-0.3, -0.25) is 0 Å². The van der Waals surface area contributed by atoms with Crippen LogP contribution in [0.3, 0.4) is 0 Å². The van der Waals surface area contributed by atoms with Crippen LogP contribution in [0.2, 0.25) is 0 Å². The third-order valence-corrected chi connectivity index (χ3v) is 3.45. The largest absolute Gasteiger partial charge is 0.326 e. The van der Waals surface area contributed by atoms with Gasteiger partial charge in [0.15, 0.2) is 0 Å². The van der Waals surface area contributed by atoms with E-state index < -0.39 is 0 Å². The van der Waals surface area contributed by atoms with Crippen LogP contribution < -0.4 is 11.1 Å². The molecule has 104 valence electrons. The SMILES string of the molecule is CN1CCCN(C(=O)Nc2ccc(CN)cc2)CC1. The summed E-state index contributed by atoms with van der Waals surface area (Å²) in [5.74, 6) is 0. The molecule has 0 bridgehead atoms. The fourth-order valence-corrected chi connectivity index (χ4v) is 2.18. The molecule has 1 aromatic rings. The van der Waals surface area contributed by atoms with E-state index >= 15 is 0 Å². The average molecular weight is 262 g/mol. The Bertz CT molecular complexity index is 418. The molecule has 0 unspecified atom stereocenters. The zero-order valence-electron chi connectivity index (χ0n) is 11.4. The number of nitrogens with one attached hydrogen (secondary N) is 1. The molecule has 2 rings (SSSR count). The van der Waals surface area contributed by atoms with Gasteiger partial charge in [0.05, 0.1) is 0 Å². The fourth-order valence-electron chi connectivity index (χ4n) is 2.18. The molecule has 1 aliphatic rings. The predicted octanol–water partition coefficient (Wildman–Crippen LogP) is 1.31. The number of amides is 2. The zero-order chi connectivity index (χ0) is 13.7. The van der Waals surface area contributed by atoms with E-state index in [9.17, 15) is 4.79 Å². The highest BCUT2D eigenvalue weighted by atomic mass is 16.2. The Morgan fingerprint density at radius 2 is 1.95 bits per heavy atom. The Morgan fingerprint density at radius 1 is 1.21 bits per heavy atom. The molecule has 0 radical (unpaired) electrons. The first-order valence-corrected chi connectivity index (χ1v) is 6.72. The lowest BCUT2D eigenvalue weighted by molar-refractivity contribution is 0.213. The standard InChI is InChI=1S/C14H22N4O/c1-17-7-2-8-18(10-9-17)14(19)16-13-5-3-12(11-15)4-6-13/h3-6H,2,7-11,15H2,1H3,(H,16,19). The molecule has 5 nitrogen and oxygen atoms in total. The molecule has 0 atom stereocenters. The van der Waals surface area contributed by atoms with Crippen molar-refractivity contribution in [2.45, 2.75) is 13.0 Å². The topological polar surface area (TPSA) is 61.6 Å². The van der Waals surface area contributed by atoms with Gasteiger partial charge in [-0.15, -0.1) is 0 Å². The van der Waals surface area contributed by atoms with Crippen molar-refractivity contribution >= 4 is 11.7 Å². The van der Waals surface area contributed by atoms with Crippen LogP contribution in [0.15, 0.2) is 24.3 Å². The van der Waals surface area contributed by atoms with E-state index in [0.717, 1.165) is 43.9 Å². The number of anilines is 1. The van der Waals surface area contributed by atoms with E-state index in [0.29, 0.717) is 6.54 Å². The summed E-state index contributed by atoms with van der Waals surface area (Å²) >= 11 is 0. The summed E-state index contributed by atoms with van der Waals surface area (Å²) in [5, 5.41) is 2.93. The lowest BCUT2D eigenvalue weighted by atomic mass is 10.2. The third-order valence-electron chi connectivity index (χ3n) is 3.45. The molecule has 1 aliphatic heterocycles. The van der Waals surface area contributed by atoms with Gasteiger partial charge in [0.2, 0.25) is 0 Å². The smallest absolute Gasteiger partial charge is 0.321 e. The molecule has 0 aromatic heterocycles. The van der Waals surface area contributed by atoms with Gasteiger partial charge in [-0.05, 0) is 37.7 Å². The number of nitrogens with zero attached hydrogens (tertiary/aromatic N) is 2. The molecule has 0 spiro atoms. The van der Waals surface area contributed by atoms with Gasteiger partial charge in [-0.1, -0.05) is 12.1 Å². The number of benzene rings is 1. The van der Waals surface area contributed by atoms with Crippen LogP contribution >= 0.6 is 0 Å². The molecule has 0 saturated carbocycles. The zero-order valence-corrected chi connectivity index (χ0v) is 11.4. The Kier molecular flexibility index (Phi) is 4.76. The molecular weight excluding hydrogens is 240 g/mol. The minimum atomic E-state index is -0.0178. The van der Waals surface area contributed by atoms with E-state index in [2.05, 4.69) is 17.3 Å². The first-order valence-electron chi connectivity index (χ1n) is 6.72. The summed E-state index contributed by atoms with van der Waals surface area (Å²) in [6, 6.07) is 7.64. The van der Waals surface area contributed by atoms with Crippen LogP contribution in [0.1, 0.15) is 12.0 Å². The van der Waals surface area contributed by atoms with Crippen molar-refractivity contribution < 1.29 is 4.79 Å². The minimum Gasteiger partial charge on any atom is -0.326 e. The van der Waals surface area contributed by atoms with E-state index in [1.54, 1.807) is 0 Å². The van der Waals surface area contributed by atoms with E-state index in [1.807, 2.05) is 29.2 Å². The highest BCUT2D eigenvalue weighted by Gasteiger charge is 2.17. The van der Waals surface area contributed by atoms with E-state index in [4.69, 9.17) is 5.73 Å². The van der Waals surface area contributed by atoms with Crippen LogP contribution in [0.5, 0.6) is 0 Å². The molecule has 3 N–H and O–H groups in total. The van der Waals surface area contributed by atoms with Gasteiger partial charge in [-0.25, -0.2) is 4.79 Å². The highest BCUT2D eigenvalue weighted by molar-refractivity contribution is 5.89. The van der Waals surface area contributed by atoms with Crippen LogP contribution in [-0.4, -0.2) is 49.1 Å². The van der Waals surface area contributed by atoms with Crippen molar-refractivity contribution in [1.29, 1.82) is 0 Å². The maximum Gasteiger partial charge on any atom is 0.321 e. The Labute approximate surface area is 114 Å². The van der Waals surface area contributed by atoms with Gasteiger partial charge < -0.3 is 20.9 Å². The molecule has 5 heteroatoms. The lowest BCUT2D eigenvalue weighted by Crippen LogP contribution is -2.37. The summed E-state index contributed by atoms with van der Waals surface area (Å²) in [5.41, 5.74) is 7.43. The molecule has 1 saturated heterocycles. The van der Waals surface area contributed by atoms with Crippen molar-refractivity contribution in [3.8, 4) is 0 Å². The van der Waals surface area contributed by atoms with Crippen molar-refractivity contribution in [1.82, 2.24) is 9.80 Å². The number of likely N-dealkylation sites (N-methyl/N-ethyl adjacent to an activating group) is 1. The predicted molar refractivity (Wildman–Crippen MR) is 77.0 cm³/mol. The van der Waals surface area contributed by atoms with Gasteiger partial charge >= 0.3 is 6.03 Å². The van der Waals surface area contributed by atoms with E-state index in [1.165, 1.54) is 0 Å². The molecule has 0 aliphatic carbocycles. The number of nitrogens with two attached hydrogens (primary N) is 1. The second-order valence-electron chi connectivity index (χ2n) is 4.98. The van der Waals surface area contributed by atoms with Gasteiger partial charge in [-0.2, -0.15) is 0 Å². The first kappa shape index (κ1) is 13.8. The van der Waals surface area contributed by atoms with Crippen LogP contribution in [0.4, 0.5) is 10.5 Å². The normalized spacial score (nSPS) is 17.1. The third kappa shape index (κ3) is 3.94. The maximum absolute atomic E-state index is 12.2. The van der Waals surface area contributed by atoms with E-state index in [-0.39, 0.29) is 6.03 Å². The fraction of sp³-hybridized carbons (Fsp3) is 0.500. The Morgan fingerprint density at radius 3 is 2.63 bits per heavy atom. The van der Waals surface area contributed by atoms with Gasteiger partial charge in [0.25, 0.3) is 0 Å². The average Bonchev–Trinajstić information content (AvgIpc) is 2.64. The number of hydrogen-bond donors (Lipinski definition) is 2. The number of hydrogen-bond acceptors (Lipinski definition) is 3. The second-order valence-corrected chi connectivity index (χ2v) is 4.98. The summed E-state index contributed by atoms with van der Waals surface area (Å²) < 4.78 is 0. The summed E-state index contributed by atoms with van der Waals surface area (Å²) in [6.45, 7) is 4.10. The minimum absolute atomic E-state index is 0.0178.